The Labute approximate surface area is 209 Å². The summed E-state index contributed by atoms with van der Waals surface area (Å²) in [7, 11) is 0. The molecule has 0 bridgehead atoms. The quantitative estimate of drug-likeness (QED) is 0.297. The van der Waals surface area contributed by atoms with E-state index in [1.54, 1.807) is 12.3 Å². The van der Waals surface area contributed by atoms with Crippen molar-refractivity contribution in [3.63, 3.8) is 0 Å². The molecule has 1 fully saturated rings. The van der Waals surface area contributed by atoms with E-state index >= 15 is 0 Å². The van der Waals surface area contributed by atoms with E-state index in [4.69, 9.17) is 9.63 Å². The number of rotatable bonds is 7. The van der Waals surface area contributed by atoms with Crippen LogP contribution >= 0.6 is 0 Å². The van der Waals surface area contributed by atoms with E-state index in [1.807, 2.05) is 47.4 Å². The molecule has 0 aliphatic heterocycles. The SMILES string of the molecule is O=C(O)C=Cc1cccc(N(Cc2ccc(-c3ccc4cnoc4c3)cc2)C(=O)C2CCCCC2)c1. The second kappa shape index (κ2) is 10.6. The smallest absolute Gasteiger partial charge is 0.328 e. The van der Waals surface area contributed by atoms with Crippen LogP contribution in [0.1, 0.15) is 43.2 Å². The molecular formula is C30H28N2O4. The molecule has 36 heavy (non-hydrogen) atoms. The Morgan fingerprint density at radius 2 is 1.75 bits per heavy atom. The van der Waals surface area contributed by atoms with Crippen LogP contribution in [-0.4, -0.2) is 22.1 Å². The average molecular weight is 481 g/mol. The number of benzene rings is 3. The van der Waals surface area contributed by atoms with Crippen LogP contribution in [0, 0.1) is 5.92 Å². The van der Waals surface area contributed by atoms with Crippen molar-refractivity contribution in [3.05, 3.63) is 90.1 Å². The molecule has 0 spiro atoms. The molecule has 182 valence electrons. The second-order valence-corrected chi connectivity index (χ2v) is 9.30. The van der Waals surface area contributed by atoms with Gasteiger partial charge in [0.15, 0.2) is 5.58 Å². The van der Waals surface area contributed by atoms with Gasteiger partial charge in [0.25, 0.3) is 0 Å². The van der Waals surface area contributed by atoms with Crippen LogP contribution in [0.25, 0.3) is 28.2 Å². The number of amides is 1. The number of carbonyl (C=O) groups excluding carboxylic acids is 1. The minimum Gasteiger partial charge on any atom is -0.478 e. The molecule has 1 aliphatic rings. The molecule has 1 aromatic heterocycles. The Bertz CT molecular complexity index is 1400. The van der Waals surface area contributed by atoms with Gasteiger partial charge in [0.1, 0.15) is 0 Å². The lowest BCUT2D eigenvalue weighted by Gasteiger charge is -2.30. The van der Waals surface area contributed by atoms with Gasteiger partial charge in [-0.25, -0.2) is 4.79 Å². The Balaban J connectivity index is 1.42. The average Bonchev–Trinajstić information content (AvgIpc) is 3.39. The van der Waals surface area contributed by atoms with Crippen molar-refractivity contribution in [1.82, 2.24) is 5.16 Å². The topological polar surface area (TPSA) is 83.6 Å². The molecule has 6 nitrogen and oxygen atoms in total. The molecule has 0 saturated heterocycles. The van der Waals surface area contributed by atoms with E-state index in [1.165, 1.54) is 6.42 Å². The van der Waals surface area contributed by atoms with Crippen LogP contribution in [0.4, 0.5) is 5.69 Å². The zero-order valence-electron chi connectivity index (χ0n) is 20.0. The van der Waals surface area contributed by atoms with Gasteiger partial charge in [0, 0.05) is 23.1 Å². The van der Waals surface area contributed by atoms with Gasteiger partial charge < -0.3 is 14.5 Å². The van der Waals surface area contributed by atoms with Crippen LogP contribution in [0.2, 0.25) is 0 Å². The summed E-state index contributed by atoms with van der Waals surface area (Å²) in [5, 5.41) is 13.8. The van der Waals surface area contributed by atoms with Crippen molar-refractivity contribution in [2.75, 3.05) is 4.90 Å². The highest BCUT2D eigenvalue weighted by molar-refractivity contribution is 5.95. The van der Waals surface area contributed by atoms with Crippen LogP contribution < -0.4 is 4.90 Å². The van der Waals surface area contributed by atoms with Gasteiger partial charge in [-0.2, -0.15) is 0 Å². The number of carboxylic acids is 1. The van der Waals surface area contributed by atoms with E-state index in [-0.39, 0.29) is 11.8 Å². The summed E-state index contributed by atoms with van der Waals surface area (Å²) in [5.41, 5.74) is 5.39. The molecule has 1 amide bonds. The van der Waals surface area contributed by atoms with Gasteiger partial charge in [-0.15, -0.1) is 0 Å². The molecular weight excluding hydrogens is 452 g/mol. The number of fused-ring (bicyclic) bond motifs is 1. The fourth-order valence-corrected chi connectivity index (χ4v) is 4.85. The molecule has 1 saturated carbocycles. The standard InChI is InChI=1S/C30H28N2O4/c33-29(34)16-11-21-5-4-8-27(17-21)32(30(35)24-6-2-1-3-7-24)20-22-9-12-23(13-10-22)25-14-15-26-19-31-36-28(26)18-25/h4-5,8-19,24H,1-3,6-7,20H2,(H,33,34). The van der Waals surface area contributed by atoms with Crippen molar-refractivity contribution in [2.45, 2.75) is 38.6 Å². The monoisotopic (exact) mass is 480 g/mol. The zero-order valence-corrected chi connectivity index (χ0v) is 20.0. The maximum absolute atomic E-state index is 13.7. The van der Waals surface area contributed by atoms with Crippen molar-refractivity contribution in [3.8, 4) is 11.1 Å². The maximum Gasteiger partial charge on any atom is 0.328 e. The number of aromatic nitrogens is 1. The molecule has 1 heterocycles. The largest absolute Gasteiger partial charge is 0.478 e. The van der Waals surface area contributed by atoms with Crippen molar-refractivity contribution >= 4 is 34.6 Å². The summed E-state index contributed by atoms with van der Waals surface area (Å²) in [5.74, 6) is -0.850. The van der Waals surface area contributed by atoms with E-state index in [0.29, 0.717) is 6.54 Å². The normalized spacial score (nSPS) is 14.3. The number of nitrogens with zero attached hydrogens (tertiary/aromatic N) is 2. The molecule has 4 aromatic rings. The van der Waals surface area contributed by atoms with E-state index in [0.717, 1.165) is 70.7 Å². The summed E-state index contributed by atoms with van der Waals surface area (Å²) in [6.45, 7) is 0.447. The fourth-order valence-electron chi connectivity index (χ4n) is 4.85. The number of hydrogen-bond donors (Lipinski definition) is 1. The molecule has 6 heteroatoms. The van der Waals surface area contributed by atoms with Gasteiger partial charge in [0.05, 0.1) is 12.7 Å². The van der Waals surface area contributed by atoms with Crippen molar-refractivity contribution in [2.24, 2.45) is 5.92 Å². The molecule has 1 N–H and O–H groups in total. The lowest BCUT2D eigenvalue weighted by molar-refractivity contribution is -0.131. The van der Waals surface area contributed by atoms with Crippen LogP contribution in [0.3, 0.4) is 0 Å². The van der Waals surface area contributed by atoms with E-state index < -0.39 is 5.97 Å². The zero-order chi connectivity index (χ0) is 24.9. The summed E-state index contributed by atoms with van der Waals surface area (Å²) >= 11 is 0. The highest BCUT2D eigenvalue weighted by Crippen LogP contribution is 2.30. The highest BCUT2D eigenvalue weighted by atomic mass is 16.5. The maximum atomic E-state index is 13.7. The predicted molar refractivity (Wildman–Crippen MR) is 140 cm³/mol. The van der Waals surface area contributed by atoms with Gasteiger partial charge >= 0.3 is 5.97 Å². The minimum atomic E-state index is -1.00. The highest BCUT2D eigenvalue weighted by Gasteiger charge is 2.27. The first kappa shape index (κ1) is 23.5. The Morgan fingerprint density at radius 3 is 2.53 bits per heavy atom. The second-order valence-electron chi connectivity index (χ2n) is 9.30. The number of aliphatic carboxylic acids is 1. The van der Waals surface area contributed by atoms with Crippen molar-refractivity contribution in [1.29, 1.82) is 0 Å². The molecule has 1 aliphatic carbocycles. The first-order valence-electron chi connectivity index (χ1n) is 12.3. The lowest BCUT2D eigenvalue weighted by Crippen LogP contribution is -2.36. The minimum absolute atomic E-state index is 0.0184. The Kier molecular flexibility index (Phi) is 6.94. The van der Waals surface area contributed by atoms with Crippen LogP contribution in [0.15, 0.2) is 83.5 Å². The van der Waals surface area contributed by atoms with E-state index in [2.05, 4.69) is 29.4 Å². The van der Waals surface area contributed by atoms with Crippen molar-refractivity contribution < 1.29 is 19.2 Å². The Morgan fingerprint density at radius 1 is 0.972 bits per heavy atom. The molecule has 0 atom stereocenters. The molecule has 0 unspecified atom stereocenters. The van der Waals surface area contributed by atoms with Crippen LogP contribution in [-0.2, 0) is 16.1 Å². The third kappa shape index (κ3) is 5.38. The summed E-state index contributed by atoms with van der Waals surface area (Å²) in [6.07, 6.45) is 9.53. The fraction of sp³-hybridized carbons (Fsp3) is 0.233. The molecule has 3 aromatic carbocycles. The third-order valence-electron chi connectivity index (χ3n) is 6.81. The third-order valence-corrected chi connectivity index (χ3v) is 6.81. The van der Waals surface area contributed by atoms with Gasteiger partial charge in [-0.3, -0.25) is 4.79 Å². The number of hydrogen-bond acceptors (Lipinski definition) is 4. The van der Waals surface area contributed by atoms with Gasteiger partial charge in [-0.05, 0) is 65.4 Å². The summed E-state index contributed by atoms with van der Waals surface area (Å²) in [6, 6.07) is 21.7. The first-order valence-corrected chi connectivity index (χ1v) is 12.3. The molecule has 5 rings (SSSR count). The molecule has 0 radical (unpaired) electrons. The van der Waals surface area contributed by atoms with Gasteiger partial charge in [-0.1, -0.05) is 66.9 Å². The van der Waals surface area contributed by atoms with Crippen LogP contribution in [0.5, 0.6) is 0 Å². The van der Waals surface area contributed by atoms with E-state index in [9.17, 15) is 9.59 Å². The summed E-state index contributed by atoms with van der Waals surface area (Å²) < 4.78 is 5.30. The summed E-state index contributed by atoms with van der Waals surface area (Å²) in [4.78, 5) is 26.5. The first-order chi connectivity index (χ1) is 17.6. The Hall–Kier alpha value is -4.19. The lowest BCUT2D eigenvalue weighted by atomic mass is 9.88. The predicted octanol–water partition coefficient (Wildman–Crippen LogP) is 6.71. The number of carboxylic acid groups (broad SMARTS) is 1. The number of carbonyl (C=O) groups is 2. The number of anilines is 1. The van der Waals surface area contributed by atoms with Gasteiger partial charge in [0.2, 0.25) is 5.91 Å².